The molecule has 0 heterocycles. The lowest BCUT2D eigenvalue weighted by Crippen LogP contribution is -2.33. The van der Waals surface area contributed by atoms with Crippen LogP contribution in [0, 0.1) is 24.7 Å². The van der Waals surface area contributed by atoms with Crippen molar-refractivity contribution in [1.29, 1.82) is 0 Å². The third-order valence-electron chi connectivity index (χ3n) is 3.02. The van der Waals surface area contributed by atoms with Gasteiger partial charge in [-0.25, -0.2) is 0 Å². The van der Waals surface area contributed by atoms with Gasteiger partial charge in [-0.1, -0.05) is 31.8 Å². The van der Waals surface area contributed by atoms with Crippen molar-refractivity contribution in [3.05, 3.63) is 34.9 Å². The van der Waals surface area contributed by atoms with Crippen LogP contribution >= 0.6 is 0 Å². The molecule has 3 heteroatoms. The van der Waals surface area contributed by atoms with Gasteiger partial charge in [0, 0.05) is 17.2 Å². The molecule has 0 aromatic heterocycles. The highest BCUT2D eigenvalue weighted by Crippen LogP contribution is 2.12. The van der Waals surface area contributed by atoms with E-state index in [-0.39, 0.29) is 11.9 Å². The molecule has 0 fully saturated rings. The summed E-state index contributed by atoms with van der Waals surface area (Å²) in [6.45, 7) is 8.59. The molecule has 3 nitrogen and oxygen atoms in total. The zero-order valence-electron chi connectivity index (χ0n) is 12.8. The van der Waals surface area contributed by atoms with E-state index in [2.05, 4.69) is 31.0 Å². The lowest BCUT2D eigenvalue weighted by Gasteiger charge is -2.16. The van der Waals surface area contributed by atoms with Crippen LogP contribution in [0.3, 0.4) is 0 Å². The van der Waals surface area contributed by atoms with Gasteiger partial charge in [0.15, 0.2) is 0 Å². The Bertz CT molecular complexity index is 524. The van der Waals surface area contributed by atoms with Crippen LogP contribution in [-0.2, 0) is 0 Å². The highest BCUT2D eigenvalue weighted by molar-refractivity contribution is 5.96. The van der Waals surface area contributed by atoms with Crippen LogP contribution in [0.4, 0.5) is 0 Å². The van der Waals surface area contributed by atoms with E-state index < -0.39 is 0 Å². The SMILES string of the molecule is Cc1ccc(C#CCN)cc1C(=O)NC(C)CC(C)C. The number of amides is 1. The van der Waals surface area contributed by atoms with Gasteiger partial charge in [-0.15, -0.1) is 0 Å². The topological polar surface area (TPSA) is 55.1 Å². The summed E-state index contributed by atoms with van der Waals surface area (Å²) in [7, 11) is 0. The second-order valence-corrected chi connectivity index (χ2v) is 5.54. The molecule has 0 aliphatic carbocycles. The molecule has 1 atom stereocenters. The molecule has 1 aromatic carbocycles. The molecule has 0 saturated carbocycles. The van der Waals surface area contributed by atoms with Crippen LogP contribution in [-0.4, -0.2) is 18.5 Å². The fourth-order valence-electron chi connectivity index (χ4n) is 2.17. The van der Waals surface area contributed by atoms with Crippen molar-refractivity contribution in [3.8, 4) is 11.8 Å². The maximum absolute atomic E-state index is 12.3. The Kier molecular flexibility index (Phi) is 6.27. The lowest BCUT2D eigenvalue weighted by atomic mass is 10.0. The molecule has 108 valence electrons. The van der Waals surface area contributed by atoms with E-state index >= 15 is 0 Å². The number of aryl methyl sites for hydroxylation is 1. The second-order valence-electron chi connectivity index (χ2n) is 5.54. The van der Waals surface area contributed by atoms with Crippen LogP contribution < -0.4 is 11.1 Å². The molecule has 1 aromatic rings. The van der Waals surface area contributed by atoms with E-state index in [1.54, 1.807) is 0 Å². The van der Waals surface area contributed by atoms with Crippen molar-refractivity contribution in [2.24, 2.45) is 11.7 Å². The molecule has 1 amide bonds. The fourth-order valence-corrected chi connectivity index (χ4v) is 2.17. The third kappa shape index (κ3) is 5.07. The quantitative estimate of drug-likeness (QED) is 0.827. The zero-order chi connectivity index (χ0) is 15.1. The minimum atomic E-state index is -0.0351. The van der Waals surface area contributed by atoms with Crippen molar-refractivity contribution in [2.45, 2.75) is 40.2 Å². The molecular formula is C17H24N2O. The van der Waals surface area contributed by atoms with Gasteiger partial charge >= 0.3 is 0 Å². The second kappa shape index (κ2) is 7.72. The van der Waals surface area contributed by atoms with Gasteiger partial charge in [0.25, 0.3) is 5.91 Å². The van der Waals surface area contributed by atoms with E-state index in [0.717, 1.165) is 17.5 Å². The minimum absolute atomic E-state index is 0.0351. The molecule has 0 saturated heterocycles. The van der Waals surface area contributed by atoms with Crippen molar-refractivity contribution in [1.82, 2.24) is 5.32 Å². The van der Waals surface area contributed by atoms with Crippen LogP contribution in [0.1, 0.15) is 48.7 Å². The van der Waals surface area contributed by atoms with Crippen LogP contribution in [0.5, 0.6) is 0 Å². The maximum Gasteiger partial charge on any atom is 0.251 e. The number of nitrogens with two attached hydrogens (primary N) is 1. The van der Waals surface area contributed by atoms with Crippen LogP contribution in [0.25, 0.3) is 0 Å². The summed E-state index contributed by atoms with van der Waals surface area (Å²) < 4.78 is 0. The Balaban J connectivity index is 2.86. The van der Waals surface area contributed by atoms with Gasteiger partial charge in [0.05, 0.1) is 6.54 Å². The molecule has 1 unspecified atom stereocenters. The molecule has 3 N–H and O–H groups in total. The smallest absolute Gasteiger partial charge is 0.251 e. The summed E-state index contributed by atoms with van der Waals surface area (Å²) in [5, 5.41) is 3.04. The Morgan fingerprint density at radius 2 is 2.05 bits per heavy atom. The first kappa shape index (κ1) is 16.3. The number of nitrogens with one attached hydrogen (secondary N) is 1. The predicted molar refractivity (Wildman–Crippen MR) is 83.5 cm³/mol. The van der Waals surface area contributed by atoms with Gasteiger partial charge in [0.2, 0.25) is 0 Å². The fraction of sp³-hybridized carbons (Fsp3) is 0.471. The third-order valence-corrected chi connectivity index (χ3v) is 3.02. The number of rotatable bonds is 4. The normalized spacial score (nSPS) is 11.7. The number of carbonyl (C=O) groups is 1. The largest absolute Gasteiger partial charge is 0.350 e. The van der Waals surface area contributed by atoms with Gasteiger partial charge in [-0.3, -0.25) is 4.79 Å². The Morgan fingerprint density at radius 1 is 1.35 bits per heavy atom. The number of benzene rings is 1. The summed E-state index contributed by atoms with van der Waals surface area (Å²) in [5.74, 6) is 6.29. The first-order chi connectivity index (χ1) is 9.43. The van der Waals surface area contributed by atoms with E-state index in [1.807, 2.05) is 32.0 Å². The Hall–Kier alpha value is -1.79. The molecule has 0 aliphatic heterocycles. The molecular weight excluding hydrogens is 248 g/mol. The van der Waals surface area contributed by atoms with E-state index in [4.69, 9.17) is 5.73 Å². The summed E-state index contributed by atoms with van der Waals surface area (Å²) >= 11 is 0. The summed E-state index contributed by atoms with van der Waals surface area (Å²) in [6, 6.07) is 5.82. The van der Waals surface area contributed by atoms with E-state index in [9.17, 15) is 4.79 Å². The average molecular weight is 272 g/mol. The molecule has 20 heavy (non-hydrogen) atoms. The monoisotopic (exact) mass is 272 g/mol. The number of hydrogen-bond acceptors (Lipinski definition) is 2. The average Bonchev–Trinajstić information content (AvgIpc) is 2.36. The highest BCUT2D eigenvalue weighted by atomic mass is 16.1. The van der Waals surface area contributed by atoms with Gasteiger partial charge in [0.1, 0.15) is 0 Å². The predicted octanol–water partition coefficient (Wildman–Crippen LogP) is 2.47. The van der Waals surface area contributed by atoms with Crippen molar-refractivity contribution in [3.63, 3.8) is 0 Å². The van der Waals surface area contributed by atoms with Crippen molar-refractivity contribution >= 4 is 5.91 Å². The lowest BCUT2D eigenvalue weighted by molar-refractivity contribution is 0.0935. The Labute approximate surface area is 121 Å². The zero-order valence-corrected chi connectivity index (χ0v) is 12.8. The molecule has 0 radical (unpaired) electrons. The molecule has 0 bridgehead atoms. The minimum Gasteiger partial charge on any atom is -0.350 e. The number of carbonyl (C=O) groups excluding carboxylic acids is 1. The standard InChI is InChI=1S/C17H24N2O/c1-12(2)10-14(4)19-17(20)16-11-15(6-5-9-18)8-7-13(16)3/h7-8,11-12,14H,9-10,18H2,1-4H3,(H,19,20). The summed E-state index contributed by atoms with van der Waals surface area (Å²) in [6.07, 6.45) is 0.970. The summed E-state index contributed by atoms with van der Waals surface area (Å²) in [4.78, 5) is 12.3. The van der Waals surface area contributed by atoms with Crippen molar-refractivity contribution in [2.75, 3.05) is 6.54 Å². The van der Waals surface area contributed by atoms with E-state index in [0.29, 0.717) is 18.0 Å². The molecule has 0 aliphatic rings. The maximum atomic E-state index is 12.3. The highest BCUT2D eigenvalue weighted by Gasteiger charge is 2.13. The van der Waals surface area contributed by atoms with Gasteiger partial charge in [-0.2, -0.15) is 0 Å². The van der Waals surface area contributed by atoms with Crippen LogP contribution in [0.2, 0.25) is 0 Å². The van der Waals surface area contributed by atoms with Crippen molar-refractivity contribution < 1.29 is 4.79 Å². The number of hydrogen-bond donors (Lipinski definition) is 2. The molecule has 0 spiro atoms. The molecule has 1 rings (SSSR count). The first-order valence-corrected chi connectivity index (χ1v) is 7.04. The van der Waals surface area contributed by atoms with Gasteiger partial charge < -0.3 is 11.1 Å². The van der Waals surface area contributed by atoms with E-state index in [1.165, 1.54) is 0 Å². The Morgan fingerprint density at radius 3 is 2.65 bits per heavy atom. The van der Waals surface area contributed by atoms with Crippen LogP contribution in [0.15, 0.2) is 18.2 Å². The van der Waals surface area contributed by atoms with Gasteiger partial charge in [-0.05, 0) is 43.9 Å². The summed E-state index contributed by atoms with van der Waals surface area (Å²) in [5.41, 5.74) is 7.83. The first-order valence-electron chi connectivity index (χ1n) is 7.04.